The van der Waals surface area contributed by atoms with E-state index >= 15 is 0 Å². The van der Waals surface area contributed by atoms with Gasteiger partial charge in [-0.2, -0.15) is 5.10 Å². The molecule has 2 amide bonds. The number of halogens is 1. The number of carbonyl (C=O) groups excluding carboxylic acids is 2. The minimum absolute atomic E-state index is 0.329. The van der Waals surface area contributed by atoms with E-state index in [0.717, 1.165) is 64.2 Å². The van der Waals surface area contributed by atoms with Crippen molar-refractivity contribution in [1.82, 2.24) is 25.1 Å². The lowest BCUT2D eigenvalue weighted by atomic mass is 9.95. The largest absolute Gasteiger partial charge is 0.320 e. The molecule has 0 fully saturated rings. The molecule has 1 N–H and O–H groups in total. The predicted octanol–water partition coefficient (Wildman–Crippen LogP) is 4.50. The van der Waals surface area contributed by atoms with Gasteiger partial charge in [0.1, 0.15) is 5.69 Å². The van der Waals surface area contributed by atoms with Crippen LogP contribution in [0.2, 0.25) is 0 Å². The van der Waals surface area contributed by atoms with Crippen molar-refractivity contribution in [3.63, 3.8) is 0 Å². The van der Waals surface area contributed by atoms with Crippen LogP contribution in [-0.4, -0.2) is 31.0 Å². The third kappa shape index (κ3) is 3.47. The second kappa shape index (κ2) is 7.59. The van der Waals surface area contributed by atoms with Gasteiger partial charge in [0.25, 0.3) is 5.91 Å². The van der Waals surface area contributed by atoms with Gasteiger partial charge in [0, 0.05) is 40.6 Å². The number of carbonyl (C=O) groups is 2. The van der Waals surface area contributed by atoms with Crippen molar-refractivity contribution in [3.05, 3.63) is 65.6 Å². The lowest BCUT2D eigenvalue weighted by Crippen LogP contribution is -2.25. The zero-order valence-electron chi connectivity index (χ0n) is 16.7. The van der Waals surface area contributed by atoms with Gasteiger partial charge >= 0.3 is 5.37 Å². The highest BCUT2D eigenvalue weighted by Gasteiger charge is 2.26. The number of hydrogen-bond donors (Lipinski definition) is 1. The van der Waals surface area contributed by atoms with Crippen molar-refractivity contribution in [2.75, 3.05) is 0 Å². The molecule has 4 aromatic rings. The number of hydrogen-bond acceptors (Lipinski definition) is 5. The van der Waals surface area contributed by atoms with Crippen molar-refractivity contribution in [2.24, 2.45) is 0 Å². The van der Waals surface area contributed by atoms with Gasteiger partial charge in [0.15, 0.2) is 0 Å². The van der Waals surface area contributed by atoms with Gasteiger partial charge in [-0.1, -0.05) is 6.07 Å². The number of nitrogens with zero attached hydrogens (tertiary/aromatic N) is 4. The summed E-state index contributed by atoms with van der Waals surface area (Å²) >= 11 is 5.32. The summed E-state index contributed by atoms with van der Waals surface area (Å²) in [5.74, 6) is -0.558. The second-order valence-electron chi connectivity index (χ2n) is 7.48. The Morgan fingerprint density at radius 1 is 1.16 bits per heavy atom. The molecule has 8 heteroatoms. The monoisotopic (exact) mass is 431 g/mol. The Morgan fingerprint density at radius 3 is 2.84 bits per heavy atom. The molecule has 1 aliphatic heterocycles. The van der Waals surface area contributed by atoms with Crippen LogP contribution in [0.25, 0.3) is 33.4 Å². The van der Waals surface area contributed by atoms with Crippen LogP contribution in [0.1, 0.15) is 28.2 Å². The Kier molecular flexibility index (Phi) is 4.75. The molecule has 4 heterocycles. The summed E-state index contributed by atoms with van der Waals surface area (Å²) in [6.07, 6.45) is 3.70. The van der Waals surface area contributed by atoms with E-state index < -0.39 is 11.3 Å². The van der Waals surface area contributed by atoms with Crippen LogP contribution in [0.3, 0.4) is 0 Å². The van der Waals surface area contributed by atoms with Gasteiger partial charge in [-0.3, -0.25) is 29.6 Å². The summed E-state index contributed by atoms with van der Waals surface area (Å²) < 4.78 is 2.05. The van der Waals surface area contributed by atoms with Crippen molar-refractivity contribution < 1.29 is 9.59 Å². The first-order valence-corrected chi connectivity index (χ1v) is 10.3. The molecule has 7 nitrogen and oxygen atoms in total. The fraction of sp³-hybridized carbons (Fsp3) is 0.174. The highest BCUT2D eigenvalue weighted by molar-refractivity contribution is 6.64. The van der Waals surface area contributed by atoms with Crippen LogP contribution in [0.5, 0.6) is 0 Å². The molecule has 0 aliphatic carbocycles. The van der Waals surface area contributed by atoms with Crippen LogP contribution < -0.4 is 5.32 Å². The molecule has 154 valence electrons. The van der Waals surface area contributed by atoms with Gasteiger partial charge in [-0.15, -0.1) is 0 Å². The summed E-state index contributed by atoms with van der Waals surface area (Å²) in [7, 11) is 0. The first kappa shape index (κ1) is 19.4. The van der Waals surface area contributed by atoms with Crippen LogP contribution in [-0.2, 0) is 13.0 Å². The van der Waals surface area contributed by atoms with Crippen molar-refractivity contribution >= 4 is 33.8 Å². The fourth-order valence-corrected chi connectivity index (χ4v) is 4.22. The minimum Gasteiger partial charge on any atom is -0.279 e. The average Bonchev–Trinajstić information content (AvgIpc) is 3.34. The number of rotatable bonds is 3. The normalized spacial score (nSPS) is 12.7. The van der Waals surface area contributed by atoms with Gasteiger partial charge < -0.3 is 0 Å². The minimum atomic E-state index is -0.918. The Labute approximate surface area is 183 Å². The number of fused-ring (bicyclic) bond motifs is 2. The molecule has 3 aromatic heterocycles. The summed E-state index contributed by atoms with van der Waals surface area (Å²) in [5.41, 5.74) is 6.70. The fourth-order valence-electron chi connectivity index (χ4n) is 4.14. The molecule has 1 aromatic carbocycles. The molecule has 1 aliphatic rings. The summed E-state index contributed by atoms with van der Waals surface area (Å²) in [5, 5.41) is 6.86. The molecular formula is C23H18ClN5O2. The molecule has 0 atom stereocenters. The number of aromatic nitrogens is 4. The van der Waals surface area contributed by atoms with Crippen LogP contribution in [0.15, 0.2) is 48.7 Å². The SMILES string of the molecule is Cc1cccc(-c2nn3c(c2-c2ccnc4ccc(C(=O)NC(=O)Cl)cc24)CCC3)n1. The molecule has 0 spiro atoms. The van der Waals surface area contributed by atoms with E-state index in [1.165, 1.54) is 0 Å². The topological polar surface area (TPSA) is 89.8 Å². The number of benzene rings is 1. The van der Waals surface area contributed by atoms with Crippen LogP contribution in [0, 0.1) is 6.92 Å². The molecule has 0 saturated heterocycles. The quantitative estimate of drug-likeness (QED) is 0.381. The number of pyridine rings is 2. The summed E-state index contributed by atoms with van der Waals surface area (Å²) in [4.78, 5) is 32.6. The van der Waals surface area contributed by atoms with Gasteiger partial charge in [0.2, 0.25) is 0 Å². The average molecular weight is 432 g/mol. The third-order valence-electron chi connectivity index (χ3n) is 5.46. The highest BCUT2D eigenvalue weighted by atomic mass is 35.5. The number of amides is 2. The van der Waals surface area contributed by atoms with E-state index in [2.05, 4.69) is 10.3 Å². The van der Waals surface area contributed by atoms with E-state index in [-0.39, 0.29) is 0 Å². The van der Waals surface area contributed by atoms with E-state index in [0.29, 0.717) is 5.56 Å². The molecule has 0 saturated carbocycles. The van der Waals surface area contributed by atoms with Crippen LogP contribution >= 0.6 is 11.6 Å². The van der Waals surface area contributed by atoms with Gasteiger partial charge in [0.05, 0.1) is 11.2 Å². The van der Waals surface area contributed by atoms with Crippen LogP contribution in [0.4, 0.5) is 4.79 Å². The Morgan fingerprint density at radius 2 is 2.03 bits per heavy atom. The second-order valence-corrected chi connectivity index (χ2v) is 7.82. The van der Waals surface area contributed by atoms with Crippen molar-refractivity contribution in [3.8, 4) is 22.5 Å². The third-order valence-corrected chi connectivity index (χ3v) is 5.55. The number of imide groups is 1. The van der Waals surface area contributed by atoms with Crippen molar-refractivity contribution in [2.45, 2.75) is 26.3 Å². The van der Waals surface area contributed by atoms with E-state index in [1.807, 2.05) is 35.9 Å². The molecule has 5 rings (SSSR count). The lowest BCUT2D eigenvalue weighted by Gasteiger charge is -2.10. The van der Waals surface area contributed by atoms with Gasteiger partial charge in [-0.25, -0.2) is 0 Å². The molecular weight excluding hydrogens is 414 g/mol. The maximum atomic E-state index is 12.3. The lowest BCUT2D eigenvalue weighted by molar-refractivity contribution is 0.0969. The Balaban J connectivity index is 1.74. The first-order chi connectivity index (χ1) is 15.0. The smallest absolute Gasteiger partial charge is 0.279 e. The molecule has 0 radical (unpaired) electrons. The summed E-state index contributed by atoms with van der Waals surface area (Å²) in [6.45, 7) is 2.82. The summed E-state index contributed by atoms with van der Waals surface area (Å²) in [6, 6.07) is 13.0. The first-order valence-electron chi connectivity index (χ1n) is 9.95. The number of nitrogens with one attached hydrogen (secondary N) is 1. The molecule has 0 unspecified atom stereocenters. The van der Waals surface area contributed by atoms with E-state index in [4.69, 9.17) is 21.7 Å². The molecule has 0 bridgehead atoms. The Hall–Kier alpha value is -3.58. The van der Waals surface area contributed by atoms with Crippen molar-refractivity contribution in [1.29, 1.82) is 0 Å². The Bertz CT molecular complexity index is 1360. The van der Waals surface area contributed by atoms with Gasteiger partial charge in [-0.05, 0) is 73.3 Å². The maximum absolute atomic E-state index is 12.3. The maximum Gasteiger partial charge on any atom is 0.320 e. The number of aryl methyl sites for hydroxylation is 2. The van der Waals surface area contributed by atoms with E-state index in [1.54, 1.807) is 24.4 Å². The predicted molar refractivity (Wildman–Crippen MR) is 118 cm³/mol. The zero-order valence-corrected chi connectivity index (χ0v) is 17.5. The highest BCUT2D eigenvalue weighted by Crippen LogP contribution is 2.39. The zero-order chi connectivity index (χ0) is 21.5. The van der Waals surface area contributed by atoms with E-state index in [9.17, 15) is 9.59 Å². The molecule has 31 heavy (non-hydrogen) atoms. The standard InChI is InChI=1S/C23H18ClN5O2/c1-13-4-2-5-18(26-13)21-20(19-6-3-11-29(19)28-21)15-9-10-25-17-8-7-14(12-16(15)17)22(30)27-23(24)31/h2,4-5,7-10,12H,3,6,11H2,1H3,(H,27,30,31).